The Morgan fingerprint density at radius 2 is 2.42 bits per heavy atom. The lowest BCUT2D eigenvalue weighted by molar-refractivity contribution is -0.301. The number of furan rings is 1. The van der Waals surface area contributed by atoms with Crippen LogP contribution in [0.5, 0.6) is 0 Å². The minimum Gasteiger partial charge on any atom is -0.549 e. The molecule has 0 radical (unpaired) electrons. The van der Waals surface area contributed by atoms with Crippen molar-refractivity contribution in [3.05, 3.63) is 30.2 Å². The smallest absolute Gasteiger partial charge is 0.212 e. The zero-order chi connectivity index (χ0) is 16.9. The van der Waals surface area contributed by atoms with Gasteiger partial charge in [0.25, 0.3) is 0 Å². The number of hydrogen-bond acceptors (Lipinski definition) is 7. The SMILES string of the molecule is Cc1occc1-c1nnc(SCC(=O)[O-])n1/N=C\[C@H]1CC=CCC1. The molecule has 0 saturated heterocycles. The van der Waals surface area contributed by atoms with E-state index in [9.17, 15) is 9.90 Å². The van der Waals surface area contributed by atoms with Crippen molar-refractivity contribution in [1.29, 1.82) is 0 Å². The molecule has 0 fully saturated rings. The molecule has 0 unspecified atom stereocenters. The maximum atomic E-state index is 10.7. The summed E-state index contributed by atoms with van der Waals surface area (Å²) in [6, 6.07) is 1.79. The summed E-state index contributed by atoms with van der Waals surface area (Å²) < 4.78 is 6.90. The second-order valence-corrected chi connectivity index (χ2v) is 6.42. The van der Waals surface area contributed by atoms with E-state index in [2.05, 4.69) is 27.5 Å². The summed E-state index contributed by atoms with van der Waals surface area (Å²) in [5, 5.41) is 23.9. The number of aliphatic carboxylic acids is 1. The minimum absolute atomic E-state index is 0.204. The zero-order valence-corrected chi connectivity index (χ0v) is 14.0. The van der Waals surface area contributed by atoms with E-state index in [-0.39, 0.29) is 5.75 Å². The third-order valence-electron chi connectivity index (χ3n) is 3.73. The number of allylic oxidation sites excluding steroid dienone is 2. The van der Waals surface area contributed by atoms with E-state index in [0.29, 0.717) is 22.7 Å². The molecule has 3 rings (SSSR count). The van der Waals surface area contributed by atoms with E-state index in [0.717, 1.165) is 36.6 Å². The molecule has 2 aromatic heterocycles. The van der Waals surface area contributed by atoms with Crippen LogP contribution in [0.1, 0.15) is 25.0 Å². The molecule has 7 nitrogen and oxygen atoms in total. The highest BCUT2D eigenvalue weighted by Gasteiger charge is 2.18. The number of carbonyl (C=O) groups excluding carboxylic acids is 1. The number of carbonyl (C=O) groups is 1. The Bertz CT molecular complexity index is 778. The van der Waals surface area contributed by atoms with E-state index in [1.165, 1.54) is 0 Å². The Hall–Kier alpha value is -2.35. The van der Waals surface area contributed by atoms with Crippen LogP contribution in [0.25, 0.3) is 11.4 Å². The number of aromatic nitrogens is 3. The lowest BCUT2D eigenvalue weighted by Gasteiger charge is -2.12. The molecule has 126 valence electrons. The first kappa shape index (κ1) is 16.5. The summed E-state index contributed by atoms with van der Waals surface area (Å²) in [5.41, 5.74) is 0.781. The summed E-state index contributed by atoms with van der Waals surface area (Å²) in [7, 11) is 0. The normalized spacial score (nSPS) is 17.6. The largest absolute Gasteiger partial charge is 0.549 e. The maximum absolute atomic E-state index is 10.7. The van der Waals surface area contributed by atoms with Crippen LogP contribution in [0.4, 0.5) is 0 Å². The van der Waals surface area contributed by atoms with Crippen molar-refractivity contribution in [2.75, 3.05) is 5.75 Å². The van der Waals surface area contributed by atoms with Crippen molar-refractivity contribution < 1.29 is 14.3 Å². The van der Waals surface area contributed by atoms with E-state index in [1.807, 2.05) is 13.1 Å². The molecule has 1 atom stereocenters. The van der Waals surface area contributed by atoms with Crippen molar-refractivity contribution >= 4 is 23.9 Å². The number of rotatable bonds is 6. The van der Waals surface area contributed by atoms with Crippen molar-refractivity contribution in [3.8, 4) is 11.4 Å². The molecule has 0 aromatic carbocycles. The molecular weight excluding hydrogens is 328 g/mol. The molecule has 24 heavy (non-hydrogen) atoms. The van der Waals surface area contributed by atoms with Crippen LogP contribution in [0.3, 0.4) is 0 Å². The van der Waals surface area contributed by atoms with Gasteiger partial charge < -0.3 is 14.3 Å². The highest BCUT2D eigenvalue weighted by Crippen LogP contribution is 2.27. The fourth-order valence-corrected chi connectivity index (χ4v) is 3.08. The Kier molecular flexibility index (Phi) is 5.14. The fourth-order valence-electron chi connectivity index (χ4n) is 2.48. The fraction of sp³-hybridized carbons (Fsp3) is 0.375. The van der Waals surface area contributed by atoms with E-state index < -0.39 is 5.97 Å². The third kappa shape index (κ3) is 3.76. The Morgan fingerprint density at radius 1 is 1.54 bits per heavy atom. The molecule has 2 aromatic rings. The van der Waals surface area contributed by atoms with E-state index in [4.69, 9.17) is 4.42 Å². The van der Waals surface area contributed by atoms with Gasteiger partial charge in [0.15, 0.2) is 5.82 Å². The van der Waals surface area contributed by atoms with Gasteiger partial charge in [0.05, 0.1) is 17.8 Å². The Morgan fingerprint density at radius 3 is 3.08 bits per heavy atom. The van der Waals surface area contributed by atoms with Crippen LogP contribution in [0, 0.1) is 12.8 Å². The van der Waals surface area contributed by atoms with Crippen molar-refractivity contribution in [1.82, 2.24) is 14.9 Å². The molecule has 1 aliphatic carbocycles. The first-order valence-electron chi connectivity index (χ1n) is 7.67. The van der Waals surface area contributed by atoms with Gasteiger partial charge in [0, 0.05) is 12.0 Å². The average molecular weight is 345 g/mol. The Labute approximate surface area is 143 Å². The van der Waals surface area contributed by atoms with Gasteiger partial charge in [0.1, 0.15) is 5.76 Å². The molecular formula is C16H17N4O3S-. The lowest BCUT2D eigenvalue weighted by atomic mass is 9.96. The van der Waals surface area contributed by atoms with Crippen LogP contribution in [-0.4, -0.2) is 32.8 Å². The van der Waals surface area contributed by atoms with Gasteiger partial charge in [0.2, 0.25) is 5.16 Å². The molecule has 0 bridgehead atoms. The van der Waals surface area contributed by atoms with Crippen LogP contribution in [-0.2, 0) is 4.79 Å². The number of carboxylic acids is 1. The van der Waals surface area contributed by atoms with Crippen LogP contribution in [0.2, 0.25) is 0 Å². The quantitative estimate of drug-likeness (QED) is 0.450. The van der Waals surface area contributed by atoms with Gasteiger partial charge in [-0.15, -0.1) is 10.2 Å². The van der Waals surface area contributed by atoms with Gasteiger partial charge >= 0.3 is 0 Å². The third-order valence-corrected chi connectivity index (χ3v) is 4.63. The maximum Gasteiger partial charge on any atom is 0.212 e. The van der Waals surface area contributed by atoms with E-state index >= 15 is 0 Å². The standard InChI is InChI=1S/C16H18N4O3S/c1-11-13(7-8-23-11)15-18-19-16(24-10-14(21)22)20(15)17-9-12-5-3-2-4-6-12/h2-3,7-9,12H,4-6,10H2,1H3,(H,21,22)/p-1/b17-9-/t12-/m0/s1. The molecule has 0 aliphatic heterocycles. The number of thioether (sulfide) groups is 1. The van der Waals surface area contributed by atoms with E-state index in [1.54, 1.807) is 17.0 Å². The summed E-state index contributed by atoms with van der Waals surface area (Å²) in [4.78, 5) is 10.7. The summed E-state index contributed by atoms with van der Waals surface area (Å²) in [6.07, 6.45) is 10.8. The van der Waals surface area contributed by atoms with Crippen molar-refractivity contribution in [3.63, 3.8) is 0 Å². The van der Waals surface area contributed by atoms with Crippen LogP contribution < -0.4 is 5.11 Å². The highest BCUT2D eigenvalue weighted by atomic mass is 32.2. The van der Waals surface area contributed by atoms with Crippen LogP contribution >= 0.6 is 11.8 Å². The molecule has 0 amide bonds. The number of carboxylic acid groups (broad SMARTS) is 1. The number of nitrogens with zero attached hydrogens (tertiary/aromatic N) is 4. The summed E-state index contributed by atoms with van der Waals surface area (Å²) >= 11 is 1.03. The second kappa shape index (κ2) is 7.48. The van der Waals surface area contributed by atoms with Crippen molar-refractivity contribution in [2.24, 2.45) is 11.0 Å². The predicted octanol–water partition coefficient (Wildman–Crippen LogP) is 1.88. The first-order chi connectivity index (χ1) is 11.6. The van der Waals surface area contributed by atoms with Crippen molar-refractivity contribution in [2.45, 2.75) is 31.3 Å². The molecule has 1 aliphatic rings. The summed E-state index contributed by atoms with van der Waals surface area (Å²) in [5.74, 6) is 0.233. The number of hydrogen-bond donors (Lipinski definition) is 0. The Balaban J connectivity index is 1.91. The van der Waals surface area contributed by atoms with Gasteiger partial charge in [-0.3, -0.25) is 0 Å². The molecule has 8 heteroatoms. The lowest BCUT2D eigenvalue weighted by Crippen LogP contribution is -2.24. The first-order valence-corrected chi connectivity index (χ1v) is 8.65. The average Bonchev–Trinajstić information content (AvgIpc) is 3.17. The summed E-state index contributed by atoms with van der Waals surface area (Å²) in [6.45, 7) is 1.83. The monoisotopic (exact) mass is 345 g/mol. The molecule has 0 saturated carbocycles. The van der Waals surface area contributed by atoms with Crippen LogP contribution in [0.15, 0.2) is 39.2 Å². The second-order valence-electron chi connectivity index (χ2n) is 5.48. The minimum atomic E-state index is -1.16. The zero-order valence-electron chi connectivity index (χ0n) is 13.2. The molecule has 0 N–H and O–H groups in total. The number of aryl methyl sites for hydroxylation is 1. The van der Waals surface area contributed by atoms with Gasteiger partial charge in [-0.25, -0.2) is 0 Å². The molecule has 0 spiro atoms. The topological polar surface area (TPSA) is 96.3 Å². The van der Waals surface area contributed by atoms with Gasteiger partial charge in [-0.2, -0.15) is 9.78 Å². The van der Waals surface area contributed by atoms with Gasteiger partial charge in [-0.05, 0) is 38.2 Å². The van der Waals surface area contributed by atoms with Gasteiger partial charge in [-0.1, -0.05) is 23.9 Å². The predicted molar refractivity (Wildman–Crippen MR) is 88.6 cm³/mol. The highest BCUT2D eigenvalue weighted by molar-refractivity contribution is 7.99. The molecule has 2 heterocycles.